The summed E-state index contributed by atoms with van der Waals surface area (Å²) >= 11 is 0. The van der Waals surface area contributed by atoms with E-state index < -0.39 is 5.82 Å². The number of nitrogens with one attached hydrogen (secondary N) is 2. The van der Waals surface area contributed by atoms with Crippen LogP contribution in [0.25, 0.3) is 22.3 Å². The van der Waals surface area contributed by atoms with E-state index in [-0.39, 0.29) is 17.7 Å². The first-order chi connectivity index (χ1) is 20.0. The van der Waals surface area contributed by atoms with Gasteiger partial charge >= 0.3 is 0 Å². The molecule has 1 amide bonds. The maximum absolute atomic E-state index is 15.2. The van der Waals surface area contributed by atoms with Crippen molar-refractivity contribution in [3.8, 4) is 34.4 Å². The number of aromatic nitrogens is 5. The molecule has 0 bridgehead atoms. The highest BCUT2D eigenvalue weighted by Gasteiger charge is 2.31. The number of carbonyl (C=O) groups is 1. The van der Waals surface area contributed by atoms with Crippen LogP contribution in [-0.2, 0) is 4.79 Å². The van der Waals surface area contributed by atoms with E-state index in [9.17, 15) is 4.79 Å². The van der Waals surface area contributed by atoms with E-state index in [0.29, 0.717) is 58.5 Å². The van der Waals surface area contributed by atoms with Gasteiger partial charge in [-0.2, -0.15) is 5.10 Å². The van der Waals surface area contributed by atoms with Gasteiger partial charge in [0.2, 0.25) is 5.91 Å². The van der Waals surface area contributed by atoms with Gasteiger partial charge in [0.25, 0.3) is 0 Å². The van der Waals surface area contributed by atoms with E-state index in [1.54, 1.807) is 59.8 Å². The number of hydrogen-bond acceptors (Lipinski definition) is 9. The standard InChI is InChI=1S/C29H24FN7O4/c1-3-28(38)37-14-19(15-37)41-27-12-20-24(13-26(27)39-2)32-16-33-29(20)35-22-5-4-17(10-21(22)30)40-18-6-8-31-25(11-18)23-7-9-34-36-23/h3-13,16,19H,1,14-15H2,2H3,(H,34,36)(H,32,33,35). The van der Waals surface area contributed by atoms with Gasteiger partial charge in [-0.3, -0.25) is 14.9 Å². The summed E-state index contributed by atoms with van der Waals surface area (Å²) in [6.45, 7) is 4.38. The number of rotatable bonds is 9. The van der Waals surface area contributed by atoms with Crippen molar-refractivity contribution >= 4 is 28.3 Å². The lowest BCUT2D eigenvalue weighted by atomic mass is 10.1. The largest absolute Gasteiger partial charge is 0.493 e. The lowest BCUT2D eigenvalue weighted by Gasteiger charge is -2.38. The second kappa shape index (κ2) is 10.9. The molecule has 2 aromatic carbocycles. The Morgan fingerprint density at radius 2 is 1.93 bits per heavy atom. The van der Waals surface area contributed by atoms with Crippen molar-refractivity contribution < 1.29 is 23.4 Å². The SMILES string of the molecule is C=CC(=O)N1CC(Oc2cc3c(Nc4ccc(Oc5ccnc(-c6ccn[nH]6)c5)cc4F)ncnc3cc2OC)C1. The Bertz CT molecular complexity index is 1740. The summed E-state index contributed by atoms with van der Waals surface area (Å²) in [6, 6.07) is 13.2. The molecule has 6 rings (SSSR count). The molecule has 11 nitrogen and oxygen atoms in total. The van der Waals surface area contributed by atoms with Crippen molar-refractivity contribution in [1.29, 1.82) is 0 Å². The van der Waals surface area contributed by atoms with Gasteiger partial charge < -0.3 is 24.4 Å². The monoisotopic (exact) mass is 553 g/mol. The van der Waals surface area contributed by atoms with Crippen LogP contribution in [0.5, 0.6) is 23.0 Å². The molecule has 0 aliphatic carbocycles. The van der Waals surface area contributed by atoms with E-state index in [4.69, 9.17) is 14.2 Å². The van der Waals surface area contributed by atoms with Gasteiger partial charge in [-0.1, -0.05) is 6.58 Å². The molecule has 0 saturated carbocycles. The molecule has 12 heteroatoms. The second-order valence-electron chi connectivity index (χ2n) is 9.15. The number of fused-ring (bicyclic) bond motifs is 1. The molecule has 1 aliphatic rings. The van der Waals surface area contributed by atoms with Crippen molar-refractivity contribution in [2.24, 2.45) is 0 Å². The number of pyridine rings is 1. The summed E-state index contributed by atoms with van der Waals surface area (Å²) < 4.78 is 32.7. The van der Waals surface area contributed by atoms with E-state index in [2.05, 4.69) is 37.0 Å². The molecule has 41 heavy (non-hydrogen) atoms. The van der Waals surface area contributed by atoms with Crippen LogP contribution < -0.4 is 19.5 Å². The van der Waals surface area contributed by atoms with Gasteiger partial charge in [-0.25, -0.2) is 14.4 Å². The van der Waals surface area contributed by atoms with E-state index in [1.807, 2.05) is 0 Å². The number of anilines is 2. The zero-order valence-electron chi connectivity index (χ0n) is 21.9. The molecule has 3 aromatic heterocycles. The van der Waals surface area contributed by atoms with Crippen molar-refractivity contribution in [2.75, 3.05) is 25.5 Å². The topological polar surface area (TPSA) is 127 Å². The predicted octanol–water partition coefficient (Wildman–Crippen LogP) is 4.87. The Balaban J connectivity index is 1.21. The normalized spacial score (nSPS) is 13.0. The zero-order chi connectivity index (χ0) is 28.3. The molecule has 0 radical (unpaired) electrons. The molecule has 5 aromatic rings. The third kappa shape index (κ3) is 5.35. The lowest BCUT2D eigenvalue weighted by molar-refractivity contribution is -0.134. The highest BCUT2D eigenvalue weighted by atomic mass is 19.1. The molecule has 1 aliphatic heterocycles. The molecule has 0 atom stereocenters. The van der Waals surface area contributed by atoms with E-state index in [0.717, 1.165) is 5.69 Å². The number of halogens is 1. The number of methoxy groups -OCH3 is 1. The summed E-state index contributed by atoms with van der Waals surface area (Å²) in [5.74, 6) is 1.45. The van der Waals surface area contributed by atoms with E-state index in [1.165, 1.54) is 25.6 Å². The quantitative estimate of drug-likeness (QED) is 0.246. The lowest BCUT2D eigenvalue weighted by Crippen LogP contribution is -2.55. The minimum atomic E-state index is -0.538. The second-order valence-corrected chi connectivity index (χ2v) is 9.15. The first kappa shape index (κ1) is 25.7. The van der Waals surface area contributed by atoms with Crippen molar-refractivity contribution in [1.82, 2.24) is 30.0 Å². The van der Waals surface area contributed by atoms with Crippen LogP contribution in [0.4, 0.5) is 15.9 Å². The number of benzene rings is 2. The van der Waals surface area contributed by atoms with Crippen LogP contribution in [0.2, 0.25) is 0 Å². The summed E-state index contributed by atoms with van der Waals surface area (Å²) in [5, 5.41) is 10.4. The highest BCUT2D eigenvalue weighted by Crippen LogP contribution is 2.37. The minimum Gasteiger partial charge on any atom is -0.493 e. The predicted molar refractivity (Wildman–Crippen MR) is 149 cm³/mol. The third-order valence-corrected chi connectivity index (χ3v) is 6.49. The van der Waals surface area contributed by atoms with Crippen LogP contribution in [0.3, 0.4) is 0 Å². The Morgan fingerprint density at radius 3 is 2.68 bits per heavy atom. The number of carbonyl (C=O) groups excluding carboxylic acids is 1. The van der Waals surface area contributed by atoms with Crippen LogP contribution in [0.1, 0.15) is 0 Å². The zero-order valence-corrected chi connectivity index (χ0v) is 21.9. The summed E-state index contributed by atoms with van der Waals surface area (Å²) in [5.41, 5.74) is 2.16. The molecule has 0 spiro atoms. The first-order valence-electron chi connectivity index (χ1n) is 12.6. The Morgan fingerprint density at radius 1 is 1.07 bits per heavy atom. The van der Waals surface area contributed by atoms with Gasteiger partial charge in [0.15, 0.2) is 11.5 Å². The molecular formula is C29H24FN7O4. The summed E-state index contributed by atoms with van der Waals surface area (Å²) in [7, 11) is 1.53. The average molecular weight is 554 g/mol. The highest BCUT2D eigenvalue weighted by molar-refractivity contribution is 5.93. The Labute approximate surface area is 233 Å². The summed E-state index contributed by atoms with van der Waals surface area (Å²) in [4.78, 5) is 26.3. The Hall–Kier alpha value is -5.52. The average Bonchev–Trinajstić information content (AvgIpc) is 3.51. The fourth-order valence-electron chi connectivity index (χ4n) is 4.36. The molecule has 1 fully saturated rings. The number of nitrogens with zero attached hydrogens (tertiary/aromatic N) is 5. The smallest absolute Gasteiger partial charge is 0.246 e. The number of likely N-dealkylation sites (tertiary alicyclic amines) is 1. The number of ether oxygens (including phenoxy) is 3. The van der Waals surface area contributed by atoms with Crippen LogP contribution in [0.15, 0.2) is 79.9 Å². The molecular weight excluding hydrogens is 529 g/mol. The van der Waals surface area contributed by atoms with Crippen molar-refractivity contribution in [3.05, 3.63) is 85.7 Å². The Kier molecular flexibility index (Phi) is 6.86. The van der Waals surface area contributed by atoms with Crippen LogP contribution in [-0.4, -0.2) is 62.3 Å². The van der Waals surface area contributed by atoms with Gasteiger partial charge in [-0.05, 0) is 36.4 Å². The van der Waals surface area contributed by atoms with Gasteiger partial charge in [0, 0.05) is 36.0 Å². The van der Waals surface area contributed by atoms with Gasteiger partial charge in [0.1, 0.15) is 35.6 Å². The van der Waals surface area contributed by atoms with Crippen LogP contribution >= 0.6 is 0 Å². The van der Waals surface area contributed by atoms with Crippen LogP contribution in [0, 0.1) is 5.82 Å². The molecule has 206 valence electrons. The molecule has 1 saturated heterocycles. The summed E-state index contributed by atoms with van der Waals surface area (Å²) in [6.07, 6.45) is 5.69. The first-order valence-corrected chi connectivity index (χ1v) is 12.6. The number of amides is 1. The maximum atomic E-state index is 15.2. The third-order valence-electron chi connectivity index (χ3n) is 6.49. The molecule has 2 N–H and O–H groups in total. The number of H-pyrrole nitrogens is 1. The number of hydrogen-bond donors (Lipinski definition) is 2. The molecule has 0 unspecified atom stereocenters. The fourth-order valence-corrected chi connectivity index (χ4v) is 4.36. The maximum Gasteiger partial charge on any atom is 0.246 e. The van der Waals surface area contributed by atoms with Gasteiger partial charge in [-0.15, -0.1) is 0 Å². The van der Waals surface area contributed by atoms with E-state index >= 15 is 4.39 Å². The van der Waals surface area contributed by atoms with Gasteiger partial charge in [0.05, 0.1) is 42.8 Å². The minimum absolute atomic E-state index is 0.145. The van der Waals surface area contributed by atoms with Crippen molar-refractivity contribution in [2.45, 2.75) is 6.10 Å². The fraction of sp³-hybridized carbons (Fsp3) is 0.138. The number of aromatic amines is 1. The molecule has 4 heterocycles. The van der Waals surface area contributed by atoms with Crippen molar-refractivity contribution in [3.63, 3.8) is 0 Å².